The summed E-state index contributed by atoms with van der Waals surface area (Å²) >= 11 is 1.50. The predicted octanol–water partition coefficient (Wildman–Crippen LogP) is 3.13. The highest BCUT2D eigenvalue weighted by molar-refractivity contribution is 7.22. The number of para-hydroxylation sites is 1. The first-order chi connectivity index (χ1) is 9.22. The van der Waals surface area contributed by atoms with Crippen LogP contribution in [-0.4, -0.2) is 21.0 Å². The first-order valence-corrected chi connectivity index (χ1v) is 6.36. The van der Waals surface area contributed by atoms with E-state index in [4.69, 9.17) is 5.11 Å². The molecule has 0 fully saturated rings. The van der Waals surface area contributed by atoms with Crippen molar-refractivity contribution in [1.82, 2.24) is 9.97 Å². The summed E-state index contributed by atoms with van der Waals surface area (Å²) in [5.74, 6) is -0.506. The van der Waals surface area contributed by atoms with Crippen molar-refractivity contribution < 1.29 is 9.90 Å². The number of benzene rings is 1. The van der Waals surface area contributed by atoms with E-state index in [-0.39, 0.29) is 5.56 Å². The summed E-state index contributed by atoms with van der Waals surface area (Å²) in [4.78, 5) is 19.4. The number of nitrogens with one attached hydrogen (secondary N) is 1. The van der Waals surface area contributed by atoms with Crippen LogP contribution in [0.2, 0.25) is 0 Å². The molecule has 2 heterocycles. The van der Waals surface area contributed by atoms with E-state index in [0.717, 1.165) is 10.2 Å². The Hall–Kier alpha value is -2.47. The first-order valence-electron chi connectivity index (χ1n) is 5.54. The van der Waals surface area contributed by atoms with Crippen molar-refractivity contribution in [2.75, 3.05) is 5.32 Å². The van der Waals surface area contributed by atoms with Gasteiger partial charge in [-0.1, -0.05) is 23.5 Å². The van der Waals surface area contributed by atoms with E-state index in [0.29, 0.717) is 10.9 Å². The molecule has 0 unspecified atom stereocenters. The Morgan fingerprint density at radius 3 is 2.89 bits per heavy atom. The number of carboxylic acids is 1. The standard InChI is InChI=1S/C13H9N3O2S/c17-12(18)8-5-6-14-11(7-8)16-13-15-9-3-1-2-4-10(9)19-13/h1-7H,(H,17,18)(H,14,15,16). The lowest BCUT2D eigenvalue weighted by Gasteiger charge is -2.01. The number of hydrogen-bond acceptors (Lipinski definition) is 5. The SMILES string of the molecule is O=C(O)c1ccnc(Nc2nc3ccccc3s2)c1. The van der Waals surface area contributed by atoms with Crippen LogP contribution in [0.5, 0.6) is 0 Å². The fraction of sp³-hybridized carbons (Fsp3) is 0. The van der Waals surface area contributed by atoms with Gasteiger partial charge in [-0.2, -0.15) is 0 Å². The number of carbonyl (C=O) groups is 1. The van der Waals surface area contributed by atoms with Crippen molar-refractivity contribution in [3.05, 3.63) is 48.2 Å². The van der Waals surface area contributed by atoms with Crippen LogP contribution in [0, 0.1) is 0 Å². The summed E-state index contributed by atoms with van der Waals surface area (Å²) in [6.07, 6.45) is 1.46. The van der Waals surface area contributed by atoms with E-state index < -0.39 is 5.97 Å². The van der Waals surface area contributed by atoms with Crippen molar-refractivity contribution in [2.45, 2.75) is 0 Å². The van der Waals surface area contributed by atoms with Gasteiger partial charge in [0, 0.05) is 6.20 Å². The first kappa shape index (κ1) is 11.6. The summed E-state index contributed by atoms with van der Waals surface area (Å²) in [7, 11) is 0. The second-order valence-electron chi connectivity index (χ2n) is 3.85. The summed E-state index contributed by atoms with van der Waals surface area (Å²) in [6, 6.07) is 10.7. The maximum absolute atomic E-state index is 10.9. The van der Waals surface area contributed by atoms with E-state index in [9.17, 15) is 4.79 Å². The number of anilines is 2. The topological polar surface area (TPSA) is 75.1 Å². The van der Waals surface area contributed by atoms with Crippen molar-refractivity contribution in [1.29, 1.82) is 0 Å². The van der Waals surface area contributed by atoms with Gasteiger partial charge in [0.25, 0.3) is 0 Å². The van der Waals surface area contributed by atoms with Crippen LogP contribution in [0.3, 0.4) is 0 Å². The molecule has 0 amide bonds. The molecule has 2 aromatic heterocycles. The van der Waals surface area contributed by atoms with Crippen LogP contribution in [0.4, 0.5) is 10.9 Å². The Balaban J connectivity index is 1.92. The second kappa shape index (κ2) is 4.66. The highest BCUT2D eigenvalue weighted by Gasteiger charge is 2.07. The third-order valence-electron chi connectivity index (χ3n) is 2.54. The van der Waals surface area contributed by atoms with Gasteiger partial charge >= 0.3 is 5.97 Å². The average molecular weight is 271 g/mol. The molecule has 0 bridgehead atoms. The molecule has 5 nitrogen and oxygen atoms in total. The molecule has 3 rings (SSSR count). The fourth-order valence-electron chi connectivity index (χ4n) is 1.67. The molecular formula is C13H9N3O2S. The molecular weight excluding hydrogens is 262 g/mol. The lowest BCUT2D eigenvalue weighted by molar-refractivity contribution is 0.0697. The Morgan fingerprint density at radius 2 is 2.11 bits per heavy atom. The maximum Gasteiger partial charge on any atom is 0.335 e. The van der Waals surface area contributed by atoms with Gasteiger partial charge < -0.3 is 10.4 Å². The van der Waals surface area contributed by atoms with E-state index in [1.54, 1.807) is 0 Å². The number of pyridine rings is 1. The molecule has 1 aromatic carbocycles. The van der Waals surface area contributed by atoms with Gasteiger partial charge in [0.15, 0.2) is 5.13 Å². The van der Waals surface area contributed by atoms with Gasteiger partial charge in [-0.25, -0.2) is 14.8 Å². The molecule has 0 radical (unpaired) electrons. The minimum Gasteiger partial charge on any atom is -0.478 e. The molecule has 0 aliphatic rings. The highest BCUT2D eigenvalue weighted by Crippen LogP contribution is 2.27. The fourth-order valence-corrected chi connectivity index (χ4v) is 2.54. The van der Waals surface area contributed by atoms with E-state index >= 15 is 0 Å². The largest absolute Gasteiger partial charge is 0.478 e. The minimum atomic E-state index is -0.977. The number of aromatic carboxylic acids is 1. The summed E-state index contributed by atoms with van der Waals surface area (Å²) < 4.78 is 1.07. The van der Waals surface area contributed by atoms with Crippen molar-refractivity contribution in [3.63, 3.8) is 0 Å². The lowest BCUT2D eigenvalue weighted by atomic mass is 10.3. The van der Waals surface area contributed by atoms with Gasteiger partial charge in [0.05, 0.1) is 15.8 Å². The summed E-state index contributed by atoms with van der Waals surface area (Å²) in [5, 5.41) is 12.6. The zero-order chi connectivity index (χ0) is 13.2. The molecule has 0 aliphatic heterocycles. The predicted molar refractivity (Wildman–Crippen MR) is 74.1 cm³/mol. The molecule has 2 N–H and O–H groups in total. The zero-order valence-electron chi connectivity index (χ0n) is 9.70. The van der Waals surface area contributed by atoms with Crippen molar-refractivity contribution >= 4 is 38.5 Å². The van der Waals surface area contributed by atoms with Crippen LogP contribution in [0.15, 0.2) is 42.6 Å². The van der Waals surface area contributed by atoms with Crippen LogP contribution in [-0.2, 0) is 0 Å². The lowest BCUT2D eigenvalue weighted by Crippen LogP contribution is -1.99. The number of aromatic nitrogens is 2. The second-order valence-corrected chi connectivity index (χ2v) is 4.88. The molecule has 0 saturated carbocycles. The average Bonchev–Trinajstić information content (AvgIpc) is 2.81. The highest BCUT2D eigenvalue weighted by atomic mass is 32.1. The van der Waals surface area contributed by atoms with Gasteiger partial charge in [-0.05, 0) is 24.3 Å². The number of rotatable bonds is 3. The Labute approximate surface area is 112 Å². The molecule has 0 aliphatic carbocycles. The molecule has 6 heteroatoms. The Kier molecular flexibility index (Phi) is 2.85. The normalized spacial score (nSPS) is 10.5. The maximum atomic E-state index is 10.9. The van der Waals surface area contributed by atoms with Crippen LogP contribution < -0.4 is 5.32 Å². The molecule has 3 aromatic rings. The van der Waals surface area contributed by atoms with E-state index in [1.807, 2.05) is 24.3 Å². The van der Waals surface area contributed by atoms with E-state index in [1.165, 1.54) is 29.7 Å². The van der Waals surface area contributed by atoms with Gasteiger partial charge in [-0.15, -0.1) is 0 Å². The van der Waals surface area contributed by atoms with Crippen LogP contribution >= 0.6 is 11.3 Å². The smallest absolute Gasteiger partial charge is 0.335 e. The number of thiazole rings is 1. The minimum absolute atomic E-state index is 0.193. The third-order valence-corrected chi connectivity index (χ3v) is 3.49. The van der Waals surface area contributed by atoms with E-state index in [2.05, 4.69) is 15.3 Å². The number of carboxylic acid groups (broad SMARTS) is 1. The van der Waals surface area contributed by atoms with Crippen molar-refractivity contribution in [2.24, 2.45) is 0 Å². The number of hydrogen-bond donors (Lipinski definition) is 2. The van der Waals surface area contributed by atoms with Crippen LogP contribution in [0.25, 0.3) is 10.2 Å². The number of nitrogens with zero attached hydrogens (tertiary/aromatic N) is 2. The van der Waals surface area contributed by atoms with Crippen molar-refractivity contribution in [3.8, 4) is 0 Å². The van der Waals surface area contributed by atoms with Gasteiger partial charge in [0.1, 0.15) is 5.82 Å². The van der Waals surface area contributed by atoms with Crippen LogP contribution in [0.1, 0.15) is 10.4 Å². The Bertz CT molecular complexity index is 721. The summed E-state index contributed by atoms with van der Waals surface area (Å²) in [5.41, 5.74) is 1.10. The zero-order valence-corrected chi connectivity index (χ0v) is 10.5. The van der Waals surface area contributed by atoms with Gasteiger partial charge in [0.2, 0.25) is 0 Å². The Morgan fingerprint density at radius 1 is 1.26 bits per heavy atom. The van der Waals surface area contributed by atoms with Gasteiger partial charge in [-0.3, -0.25) is 0 Å². The number of fused-ring (bicyclic) bond motifs is 1. The molecule has 94 valence electrons. The molecule has 0 atom stereocenters. The quantitative estimate of drug-likeness (QED) is 0.765. The molecule has 0 saturated heterocycles. The third kappa shape index (κ3) is 2.38. The monoisotopic (exact) mass is 271 g/mol. The molecule has 19 heavy (non-hydrogen) atoms. The molecule has 0 spiro atoms. The summed E-state index contributed by atoms with van der Waals surface area (Å²) in [6.45, 7) is 0.